The van der Waals surface area contributed by atoms with E-state index in [1.54, 1.807) is 18.2 Å². The lowest BCUT2D eigenvalue weighted by atomic mass is 9.79. The van der Waals surface area contributed by atoms with Crippen LogP contribution in [0.1, 0.15) is 93.9 Å². The SMILES string of the molecule is CCCCCC1CCC(/C=C/c2cc3c(c(F)c2F)-c2c(cc(CCC)c(F)c2F)C3)CC1. The summed E-state index contributed by atoms with van der Waals surface area (Å²) in [5, 5.41) is 0. The normalized spacial score (nSPS) is 19.8. The van der Waals surface area contributed by atoms with E-state index in [4.69, 9.17) is 0 Å². The molecule has 0 spiro atoms. The van der Waals surface area contributed by atoms with Crippen molar-refractivity contribution in [2.24, 2.45) is 11.8 Å². The Kier molecular flexibility index (Phi) is 7.61. The highest BCUT2D eigenvalue weighted by Crippen LogP contribution is 2.43. The van der Waals surface area contributed by atoms with Gasteiger partial charge in [-0.25, -0.2) is 17.6 Å². The maximum Gasteiger partial charge on any atom is 0.167 e. The first kappa shape index (κ1) is 24.0. The topological polar surface area (TPSA) is 0 Å². The first-order valence-electron chi connectivity index (χ1n) is 12.6. The Morgan fingerprint density at radius 2 is 1.45 bits per heavy atom. The third-order valence-corrected chi connectivity index (χ3v) is 7.49. The first-order chi connectivity index (χ1) is 15.9. The molecule has 0 aliphatic heterocycles. The number of hydrogen-bond acceptors (Lipinski definition) is 0. The lowest BCUT2D eigenvalue weighted by Gasteiger charge is -2.26. The predicted molar refractivity (Wildman–Crippen MR) is 127 cm³/mol. The third-order valence-electron chi connectivity index (χ3n) is 7.49. The molecule has 2 aliphatic carbocycles. The van der Waals surface area contributed by atoms with E-state index >= 15 is 4.39 Å². The van der Waals surface area contributed by atoms with Gasteiger partial charge in [0, 0.05) is 16.7 Å². The van der Waals surface area contributed by atoms with Crippen molar-refractivity contribution >= 4 is 6.08 Å². The van der Waals surface area contributed by atoms with Crippen LogP contribution in [0, 0.1) is 35.1 Å². The van der Waals surface area contributed by atoms with Crippen LogP contribution in [0.15, 0.2) is 18.2 Å². The molecule has 33 heavy (non-hydrogen) atoms. The zero-order chi connectivity index (χ0) is 23.5. The van der Waals surface area contributed by atoms with Crippen molar-refractivity contribution in [1.29, 1.82) is 0 Å². The molecule has 0 bridgehead atoms. The lowest BCUT2D eigenvalue weighted by molar-refractivity contribution is 0.290. The summed E-state index contributed by atoms with van der Waals surface area (Å²) in [6.07, 6.45) is 14.8. The molecule has 4 heteroatoms. The molecule has 0 N–H and O–H groups in total. The lowest BCUT2D eigenvalue weighted by Crippen LogP contribution is -2.13. The quantitative estimate of drug-likeness (QED) is 0.233. The highest BCUT2D eigenvalue weighted by atomic mass is 19.2. The summed E-state index contributed by atoms with van der Waals surface area (Å²) in [6.45, 7) is 4.12. The molecule has 0 radical (unpaired) electrons. The van der Waals surface area contributed by atoms with Gasteiger partial charge < -0.3 is 0 Å². The van der Waals surface area contributed by atoms with Gasteiger partial charge in [-0.2, -0.15) is 0 Å². The fraction of sp³-hybridized carbons (Fsp3) is 0.517. The minimum absolute atomic E-state index is 0.115. The summed E-state index contributed by atoms with van der Waals surface area (Å²) < 4.78 is 59.3. The van der Waals surface area contributed by atoms with Crippen LogP contribution in [0.25, 0.3) is 17.2 Å². The molecular formula is C29H34F4. The first-order valence-corrected chi connectivity index (χ1v) is 12.6. The Balaban J connectivity index is 1.52. The van der Waals surface area contributed by atoms with Gasteiger partial charge in [0.05, 0.1) is 0 Å². The molecule has 0 heterocycles. The maximum absolute atomic E-state index is 15.1. The summed E-state index contributed by atoms with van der Waals surface area (Å²) in [6, 6.07) is 3.22. The van der Waals surface area contributed by atoms with E-state index in [2.05, 4.69) is 6.92 Å². The second-order valence-electron chi connectivity index (χ2n) is 9.89. The Morgan fingerprint density at radius 1 is 0.788 bits per heavy atom. The highest BCUT2D eigenvalue weighted by molar-refractivity contribution is 5.80. The van der Waals surface area contributed by atoms with Crippen LogP contribution in [0.5, 0.6) is 0 Å². The van der Waals surface area contributed by atoms with Crippen LogP contribution in [0.3, 0.4) is 0 Å². The van der Waals surface area contributed by atoms with E-state index in [9.17, 15) is 13.2 Å². The summed E-state index contributed by atoms with van der Waals surface area (Å²) >= 11 is 0. The number of benzene rings is 2. The van der Waals surface area contributed by atoms with Gasteiger partial charge in [0.2, 0.25) is 0 Å². The number of allylic oxidation sites excluding steroid dienone is 1. The standard InChI is InChI=1S/C29H34F4/c1-3-5-6-8-18-9-11-19(12-10-18)13-14-21-16-23-17-22-15-20(7-4-2)26(30)28(32)24(22)25(23)29(33)27(21)31/h13-16,18-19H,3-12,17H2,1-2H3/b14-13+. The Labute approximate surface area is 195 Å². The average Bonchev–Trinajstić information content (AvgIpc) is 3.18. The molecule has 4 rings (SSSR count). The maximum atomic E-state index is 15.1. The van der Waals surface area contributed by atoms with E-state index < -0.39 is 23.3 Å². The van der Waals surface area contributed by atoms with Gasteiger partial charge in [0.1, 0.15) is 0 Å². The summed E-state index contributed by atoms with van der Waals surface area (Å²) in [7, 11) is 0. The van der Waals surface area contributed by atoms with Gasteiger partial charge in [-0.3, -0.25) is 0 Å². The minimum atomic E-state index is -1.08. The Hall–Kier alpha value is -2.10. The van der Waals surface area contributed by atoms with Crippen LogP contribution < -0.4 is 0 Å². The smallest absolute Gasteiger partial charge is 0.167 e. The molecule has 2 aliphatic rings. The van der Waals surface area contributed by atoms with Crippen molar-refractivity contribution in [3.05, 3.63) is 63.7 Å². The molecule has 0 aromatic heterocycles. The van der Waals surface area contributed by atoms with Gasteiger partial charge in [-0.1, -0.05) is 64.2 Å². The van der Waals surface area contributed by atoms with Crippen molar-refractivity contribution in [3.8, 4) is 11.1 Å². The van der Waals surface area contributed by atoms with Gasteiger partial charge in [-0.15, -0.1) is 0 Å². The Bertz CT molecular complexity index is 1030. The molecule has 0 atom stereocenters. The van der Waals surface area contributed by atoms with Crippen LogP contribution in [0.4, 0.5) is 17.6 Å². The zero-order valence-corrected chi connectivity index (χ0v) is 19.8. The van der Waals surface area contributed by atoms with E-state index in [0.29, 0.717) is 41.9 Å². The van der Waals surface area contributed by atoms with Crippen LogP contribution in [-0.4, -0.2) is 0 Å². The second kappa shape index (κ2) is 10.4. The average molecular weight is 459 g/mol. The molecule has 0 unspecified atom stereocenters. The van der Waals surface area contributed by atoms with Crippen molar-refractivity contribution in [2.75, 3.05) is 0 Å². The van der Waals surface area contributed by atoms with Crippen molar-refractivity contribution in [1.82, 2.24) is 0 Å². The number of unbranched alkanes of at least 4 members (excludes halogenated alkanes) is 2. The van der Waals surface area contributed by atoms with Crippen molar-refractivity contribution in [2.45, 2.75) is 84.5 Å². The molecule has 178 valence electrons. The zero-order valence-electron chi connectivity index (χ0n) is 19.8. The molecule has 1 saturated carbocycles. The predicted octanol–water partition coefficient (Wildman–Crippen LogP) is 9.17. The fourth-order valence-corrected chi connectivity index (χ4v) is 5.63. The van der Waals surface area contributed by atoms with Gasteiger partial charge in [0.15, 0.2) is 23.3 Å². The molecular weight excluding hydrogens is 424 g/mol. The van der Waals surface area contributed by atoms with E-state index in [0.717, 1.165) is 18.8 Å². The van der Waals surface area contributed by atoms with Crippen LogP contribution >= 0.6 is 0 Å². The molecule has 1 fully saturated rings. The summed E-state index contributed by atoms with van der Waals surface area (Å²) in [4.78, 5) is 0. The largest absolute Gasteiger partial charge is 0.203 e. The Morgan fingerprint density at radius 3 is 2.12 bits per heavy atom. The van der Waals surface area contributed by atoms with Crippen LogP contribution in [-0.2, 0) is 12.8 Å². The van der Waals surface area contributed by atoms with E-state index in [1.807, 2.05) is 13.0 Å². The van der Waals surface area contributed by atoms with Crippen molar-refractivity contribution < 1.29 is 17.6 Å². The molecule has 2 aromatic rings. The highest BCUT2D eigenvalue weighted by Gasteiger charge is 2.31. The molecule has 0 nitrogen and oxygen atoms in total. The van der Waals surface area contributed by atoms with Crippen LogP contribution in [0.2, 0.25) is 0 Å². The number of halogens is 4. The summed E-state index contributed by atoms with van der Waals surface area (Å²) in [5.41, 5.74) is 1.32. The minimum Gasteiger partial charge on any atom is -0.203 e. The van der Waals surface area contributed by atoms with Gasteiger partial charge in [0.25, 0.3) is 0 Å². The number of hydrogen-bond donors (Lipinski definition) is 0. The molecule has 2 aromatic carbocycles. The number of fused-ring (bicyclic) bond motifs is 3. The number of rotatable bonds is 8. The molecule has 0 saturated heterocycles. The molecule has 0 amide bonds. The van der Waals surface area contributed by atoms with Gasteiger partial charge >= 0.3 is 0 Å². The van der Waals surface area contributed by atoms with E-state index in [-0.39, 0.29) is 16.7 Å². The van der Waals surface area contributed by atoms with Gasteiger partial charge in [-0.05, 0) is 73.1 Å². The monoisotopic (exact) mass is 458 g/mol. The third kappa shape index (κ3) is 4.90. The van der Waals surface area contributed by atoms with E-state index in [1.165, 1.54) is 38.5 Å². The second-order valence-corrected chi connectivity index (χ2v) is 9.89. The fourth-order valence-electron chi connectivity index (χ4n) is 5.63. The summed E-state index contributed by atoms with van der Waals surface area (Å²) in [5.74, 6) is -2.90. The number of aryl methyl sites for hydroxylation is 1. The van der Waals surface area contributed by atoms with Crippen molar-refractivity contribution in [3.63, 3.8) is 0 Å².